The molecule has 0 saturated carbocycles. The topological polar surface area (TPSA) is 17.1 Å². The fourth-order valence-electron chi connectivity index (χ4n) is 4.15. The van der Waals surface area contributed by atoms with Crippen molar-refractivity contribution in [2.75, 3.05) is 0 Å². The first-order valence-corrected chi connectivity index (χ1v) is 10.4. The lowest BCUT2D eigenvalue weighted by Gasteiger charge is -2.22. The third-order valence-electron chi connectivity index (χ3n) is 6.08. The molecule has 4 aromatic rings. The molecular formula is C29H26O. The van der Waals surface area contributed by atoms with Crippen molar-refractivity contribution in [1.29, 1.82) is 0 Å². The number of benzene rings is 4. The summed E-state index contributed by atoms with van der Waals surface area (Å²) in [5.74, 6) is 0.0856. The molecule has 0 atom stereocenters. The summed E-state index contributed by atoms with van der Waals surface area (Å²) in [6.07, 6.45) is 0. The summed E-state index contributed by atoms with van der Waals surface area (Å²) in [7, 11) is 0. The summed E-state index contributed by atoms with van der Waals surface area (Å²) in [5, 5.41) is 0. The lowest BCUT2D eigenvalue weighted by Crippen LogP contribution is -2.13. The van der Waals surface area contributed by atoms with Gasteiger partial charge in [0.15, 0.2) is 5.78 Å². The zero-order valence-corrected chi connectivity index (χ0v) is 17.7. The minimum atomic E-state index is -0.000554. The molecule has 0 N–H and O–H groups in total. The molecule has 0 amide bonds. The molecule has 30 heavy (non-hydrogen) atoms. The van der Waals surface area contributed by atoms with Crippen LogP contribution in [0.5, 0.6) is 0 Å². The van der Waals surface area contributed by atoms with E-state index in [2.05, 4.69) is 68.4 Å². The Morgan fingerprint density at radius 2 is 1.10 bits per heavy atom. The van der Waals surface area contributed by atoms with Crippen LogP contribution in [0.1, 0.15) is 55.2 Å². The van der Waals surface area contributed by atoms with Gasteiger partial charge in [0.05, 0.1) is 0 Å². The average Bonchev–Trinajstić information content (AvgIpc) is 2.79. The fourth-order valence-corrected chi connectivity index (χ4v) is 4.15. The first-order chi connectivity index (χ1) is 14.6. The van der Waals surface area contributed by atoms with Gasteiger partial charge in [0.2, 0.25) is 0 Å². The number of hydrogen-bond donors (Lipinski definition) is 0. The molecule has 148 valence electrons. The van der Waals surface area contributed by atoms with Gasteiger partial charge in [-0.15, -0.1) is 0 Å². The summed E-state index contributed by atoms with van der Waals surface area (Å²) in [4.78, 5) is 13.7. The van der Waals surface area contributed by atoms with E-state index in [4.69, 9.17) is 0 Å². The molecule has 0 aliphatic heterocycles. The van der Waals surface area contributed by atoms with Crippen LogP contribution < -0.4 is 0 Å². The number of rotatable bonds is 5. The van der Waals surface area contributed by atoms with Crippen molar-refractivity contribution in [3.63, 3.8) is 0 Å². The van der Waals surface area contributed by atoms with Crippen molar-refractivity contribution < 1.29 is 4.79 Å². The molecule has 0 aliphatic rings. The van der Waals surface area contributed by atoms with Crippen molar-refractivity contribution in [1.82, 2.24) is 0 Å². The molecule has 0 saturated heterocycles. The van der Waals surface area contributed by atoms with Crippen LogP contribution in [0.25, 0.3) is 0 Å². The maximum Gasteiger partial charge on any atom is 0.193 e. The Morgan fingerprint density at radius 1 is 0.567 bits per heavy atom. The zero-order valence-electron chi connectivity index (χ0n) is 17.7. The van der Waals surface area contributed by atoms with Crippen molar-refractivity contribution in [3.05, 3.63) is 142 Å². The third-order valence-corrected chi connectivity index (χ3v) is 6.08. The molecule has 1 heteroatoms. The molecule has 0 heterocycles. The molecule has 4 aromatic carbocycles. The van der Waals surface area contributed by atoms with E-state index < -0.39 is 0 Å². The Bertz CT molecular complexity index is 1130. The van der Waals surface area contributed by atoms with Crippen LogP contribution in [-0.4, -0.2) is 5.78 Å². The van der Waals surface area contributed by atoms with Gasteiger partial charge in [-0.1, -0.05) is 97.1 Å². The van der Waals surface area contributed by atoms with Gasteiger partial charge in [-0.25, -0.2) is 0 Å². The highest BCUT2D eigenvalue weighted by atomic mass is 16.1. The lowest BCUT2D eigenvalue weighted by molar-refractivity contribution is 0.103. The van der Waals surface area contributed by atoms with Crippen LogP contribution in [-0.2, 0) is 0 Å². The molecule has 0 radical (unpaired) electrons. The summed E-state index contributed by atoms with van der Waals surface area (Å²) >= 11 is 0. The number of aryl methyl sites for hydroxylation is 1. The molecular weight excluding hydrogens is 364 g/mol. The highest BCUT2D eigenvalue weighted by Crippen LogP contribution is 2.35. The fraction of sp³-hybridized carbons (Fsp3) is 0.138. The minimum absolute atomic E-state index is 0.000554. The van der Waals surface area contributed by atoms with Gasteiger partial charge in [0, 0.05) is 17.0 Å². The smallest absolute Gasteiger partial charge is 0.193 e. The van der Waals surface area contributed by atoms with Crippen molar-refractivity contribution in [2.45, 2.75) is 26.7 Å². The van der Waals surface area contributed by atoms with Gasteiger partial charge in [-0.3, -0.25) is 4.79 Å². The van der Waals surface area contributed by atoms with E-state index in [0.717, 1.165) is 22.3 Å². The van der Waals surface area contributed by atoms with Crippen LogP contribution in [0.3, 0.4) is 0 Å². The second-order valence-corrected chi connectivity index (χ2v) is 7.85. The zero-order chi connectivity index (χ0) is 21.1. The monoisotopic (exact) mass is 390 g/mol. The van der Waals surface area contributed by atoms with Crippen LogP contribution >= 0.6 is 0 Å². The van der Waals surface area contributed by atoms with Gasteiger partial charge in [-0.2, -0.15) is 0 Å². The maximum atomic E-state index is 13.7. The normalized spacial score (nSPS) is 10.9. The first-order valence-electron chi connectivity index (χ1n) is 10.4. The predicted octanol–water partition coefficient (Wildman–Crippen LogP) is 7.02. The number of hydrogen-bond acceptors (Lipinski definition) is 1. The number of carbonyl (C=O) groups is 1. The Morgan fingerprint density at radius 3 is 1.70 bits per heavy atom. The molecule has 0 spiro atoms. The van der Waals surface area contributed by atoms with Gasteiger partial charge in [0.25, 0.3) is 0 Å². The Kier molecular flexibility index (Phi) is 5.63. The van der Waals surface area contributed by atoms with Gasteiger partial charge in [0.1, 0.15) is 0 Å². The molecule has 0 bridgehead atoms. The van der Waals surface area contributed by atoms with E-state index in [-0.39, 0.29) is 11.7 Å². The van der Waals surface area contributed by atoms with Crippen LogP contribution in [0.4, 0.5) is 0 Å². The minimum Gasteiger partial charge on any atom is -0.289 e. The SMILES string of the molecule is Cc1ccc(C(=O)c2ccccc2C(c2ccccc2)c2ccccc2)c(C)c1C. The maximum absolute atomic E-state index is 13.7. The van der Waals surface area contributed by atoms with E-state index in [0.29, 0.717) is 0 Å². The molecule has 0 aromatic heterocycles. The molecule has 1 nitrogen and oxygen atoms in total. The van der Waals surface area contributed by atoms with Crippen LogP contribution in [0, 0.1) is 20.8 Å². The number of ketones is 1. The summed E-state index contributed by atoms with van der Waals surface area (Å²) in [6, 6.07) is 32.9. The summed E-state index contributed by atoms with van der Waals surface area (Å²) in [5.41, 5.74) is 8.40. The van der Waals surface area contributed by atoms with Crippen LogP contribution in [0.15, 0.2) is 97.1 Å². The quantitative estimate of drug-likeness (QED) is 0.264. The standard InChI is InChI=1S/C29H26O/c1-20-18-19-25(22(3)21(20)2)29(30)27-17-11-10-16-26(27)28(23-12-6-4-7-13-23)24-14-8-5-9-15-24/h4-19,28H,1-3H3. The van der Waals surface area contributed by atoms with E-state index in [9.17, 15) is 4.79 Å². The predicted molar refractivity (Wildman–Crippen MR) is 124 cm³/mol. The second kappa shape index (κ2) is 8.51. The van der Waals surface area contributed by atoms with Crippen LogP contribution in [0.2, 0.25) is 0 Å². The first kappa shape index (κ1) is 19.8. The summed E-state index contributed by atoms with van der Waals surface area (Å²) < 4.78 is 0. The Labute approximate surface area is 179 Å². The van der Waals surface area contributed by atoms with Gasteiger partial charge in [-0.05, 0) is 54.2 Å². The largest absolute Gasteiger partial charge is 0.289 e. The second-order valence-electron chi connectivity index (χ2n) is 7.85. The highest BCUT2D eigenvalue weighted by Gasteiger charge is 2.24. The molecule has 0 fully saturated rings. The highest BCUT2D eigenvalue weighted by molar-refractivity contribution is 6.11. The molecule has 4 rings (SSSR count). The van der Waals surface area contributed by atoms with Crippen molar-refractivity contribution in [2.24, 2.45) is 0 Å². The molecule has 0 aliphatic carbocycles. The van der Waals surface area contributed by atoms with E-state index in [1.54, 1.807) is 0 Å². The van der Waals surface area contributed by atoms with Gasteiger partial charge < -0.3 is 0 Å². The Balaban J connectivity index is 1.90. The van der Waals surface area contributed by atoms with E-state index >= 15 is 0 Å². The van der Waals surface area contributed by atoms with Crippen molar-refractivity contribution in [3.8, 4) is 0 Å². The van der Waals surface area contributed by atoms with E-state index in [1.165, 1.54) is 22.3 Å². The number of carbonyl (C=O) groups excluding carboxylic acids is 1. The summed E-state index contributed by atoms with van der Waals surface area (Å²) in [6.45, 7) is 6.22. The van der Waals surface area contributed by atoms with Crippen molar-refractivity contribution >= 4 is 5.78 Å². The molecule has 0 unspecified atom stereocenters. The average molecular weight is 391 g/mol. The van der Waals surface area contributed by atoms with E-state index in [1.807, 2.05) is 49.4 Å². The lowest BCUT2D eigenvalue weighted by atomic mass is 9.81. The van der Waals surface area contributed by atoms with Gasteiger partial charge >= 0.3 is 0 Å². The Hall–Kier alpha value is -3.45. The third kappa shape index (κ3) is 3.71.